The highest BCUT2D eigenvalue weighted by molar-refractivity contribution is 5.78. The number of halogens is 3. The molecule has 0 spiro atoms. The standard InChI is InChI=1S/C16H28F3NO2/c1-3-4-13-7-9-20(10-8-13)15(22)12(2)5-6-14(11-21)16(17,18)19/h12-14,21H,3-11H2,1-2H3. The Morgan fingerprint density at radius 3 is 2.32 bits per heavy atom. The number of carbonyl (C=O) groups excluding carboxylic acids is 1. The number of piperidine rings is 1. The van der Waals surface area contributed by atoms with E-state index in [2.05, 4.69) is 6.92 Å². The Kier molecular flexibility index (Phi) is 7.66. The Morgan fingerprint density at radius 1 is 1.27 bits per heavy atom. The highest BCUT2D eigenvalue weighted by Gasteiger charge is 2.39. The van der Waals surface area contributed by atoms with Crippen LogP contribution in [0.4, 0.5) is 13.2 Å². The Balaban J connectivity index is 2.39. The molecule has 0 bridgehead atoms. The summed E-state index contributed by atoms with van der Waals surface area (Å²) in [5.41, 5.74) is 0. The molecule has 1 N–H and O–H groups in total. The lowest BCUT2D eigenvalue weighted by Crippen LogP contribution is -2.41. The average Bonchev–Trinajstić information content (AvgIpc) is 2.46. The van der Waals surface area contributed by atoms with Crippen LogP contribution in [0.1, 0.15) is 52.4 Å². The zero-order valence-electron chi connectivity index (χ0n) is 13.5. The van der Waals surface area contributed by atoms with E-state index in [-0.39, 0.29) is 18.7 Å². The van der Waals surface area contributed by atoms with Crippen LogP contribution in [0.3, 0.4) is 0 Å². The van der Waals surface area contributed by atoms with Gasteiger partial charge in [-0.05, 0) is 31.6 Å². The lowest BCUT2D eigenvalue weighted by molar-refractivity contribution is -0.186. The van der Waals surface area contributed by atoms with Crippen LogP contribution in [0.25, 0.3) is 0 Å². The van der Waals surface area contributed by atoms with Gasteiger partial charge in [0.1, 0.15) is 0 Å². The van der Waals surface area contributed by atoms with Crippen molar-refractivity contribution in [3.63, 3.8) is 0 Å². The van der Waals surface area contributed by atoms with Gasteiger partial charge in [0.15, 0.2) is 0 Å². The van der Waals surface area contributed by atoms with Crippen LogP contribution in [0, 0.1) is 17.8 Å². The zero-order chi connectivity index (χ0) is 16.8. The summed E-state index contributed by atoms with van der Waals surface area (Å²) < 4.78 is 37.8. The molecule has 0 aromatic heterocycles. The van der Waals surface area contributed by atoms with E-state index in [1.807, 2.05) is 0 Å². The molecule has 0 aliphatic carbocycles. The number of amides is 1. The first-order valence-electron chi connectivity index (χ1n) is 8.25. The van der Waals surface area contributed by atoms with Crippen molar-refractivity contribution in [2.45, 2.75) is 58.5 Å². The summed E-state index contributed by atoms with van der Waals surface area (Å²) in [6, 6.07) is 0. The van der Waals surface area contributed by atoms with E-state index in [1.165, 1.54) is 6.42 Å². The van der Waals surface area contributed by atoms with Gasteiger partial charge in [0.2, 0.25) is 5.91 Å². The van der Waals surface area contributed by atoms with Gasteiger partial charge in [-0.1, -0.05) is 26.7 Å². The lowest BCUT2D eigenvalue weighted by atomic mass is 9.91. The first-order valence-corrected chi connectivity index (χ1v) is 8.25. The van der Waals surface area contributed by atoms with E-state index in [4.69, 9.17) is 5.11 Å². The summed E-state index contributed by atoms with van der Waals surface area (Å²) in [5, 5.41) is 8.83. The largest absolute Gasteiger partial charge is 0.396 e. The summed E-state index contributed by atoms with van der Waals surface area (Å²) in [7, 11) is 0. The number of hydrogen-bond acceptors (Lipinski definition) is 2. The van der Waals surface area contributed by atoms with Gasteiger partial charge in [-0.15, -0.1) is 0 Å². The van der Waals surface area contributed by atoms with Gasteiger partial charge in [0.25, 0.3) is 0 Å². The first-order chi connectivity index (χ1) is 10.3. The smallest absolute Gasteiger partial charge is 0.394 e. The topological polar surface area (TPSA) is 40.5 Å². The minimum absolute atomic E-state index is 0.0474. The van der Waals surface area contributed by atoms with E-state index in [0.717, 1.165) is 32.4 Å². The first kappa shape index (κ1) is 19.3. The summed E-state index contributed by atoms with van der Waals surface area (Å²) in [6.07, 6.45) is -0.105. The van der Waals surface area contributed by atoms with Gasteiger partial charge in [-0.2, -0.15) is 13.2 Å². The van der Waals surface area contributed by atoms with Gasteiger partial charge in [-0.3, -0.25) is 4.79 Å². The number of rotatable bonds is 7. The number of aliphatic hydroxyl groups excluding tert-OH is 1. The molecule has 3 nitrogen and oxygen atoms in total. The van der Waals surface area contributed by atoms with Crippen molar-refractivity contribution in [3.05, 3.63) is 0 Å². The number of carbonyl (C=O) groups is 1. The van der Waals surface area contributed by atoms with Gasteiger partial charge in [0.05, 0.1) is 12.5 Å². The molecule has 1 aliphatic rings. The maximum atomic E-state index is 12.6. The number of aliphatic hydroxyl groups is 1. The van der Waals surface area contributed by atoms with Crippen molar-refractivity contribution >= 4 is 5.91 Å². The summed E-state index contributed by atoms with van der Waals surface area (Å²) in [4.78, 5) is 14.1. The number of likely N-dealkylation sites (tertiary alicyclic amines) is 1. The van der Waals surface area contributed by atoms with Crippen LogP contribution in [0.15, 0.2) is 0 Å². The lowest BCUT2D eigenvalue weighted by Gasteiger charge is -2.33. The van der Waals surface area contributed by atoms with Gasteiger partial charge < -0.3 is 10.0 Å². The third-order valence-electron chi connectivity index (χ3n) is 4.68. The van der Waals surface area contributed by atoms with E-state index < -0.39 is 24.6 Å². The van der Waals surface area contributed by atoms with Crippen LogP contribution in [-0.2, 0) is 4.79 Å². The average molecular weight is 323 g/mol. The normalized spacial score (nSPS) is 20.0. The molecule has 1 aliphatic heterocycles. The second-order valence-electron chi connectivity index (χ2n) is 6.46. The summed E-state index contributed by atoms with van der Waals surface area (Å²) in [6.45, 7) is 4.36. The minimum Gasteiger partial charge on any atom is -0.396 e. The molecule has 1 fully saturated rings. The Bertz CT molecular complexity index is 339. The molecular formula is C16H28F3NO2. The third-order valence-corrected chi connectivity index (χ3v) is 4.68. The fraction of sp³-hybridized carbons (Fsp3) is 0.938. The van der Waals surface area contributed by atoms with Gasteiger partial charge in [0, 0.05) is 19.0 Å². The maximum absolute atomic E-state index is 12.6. The van der Waals surface area contributed by atoms with Crippen molar-refractivity contribution in [3.8, 4) is 0 Å². The molecule has 0 aromatic rings. The SMILES string of the molecule is CCCC1CCN(C(=O)C(C)CCC(CO)C(F)(F)F)CC1. The quantitative estimate of drug-likeness (QED) is 0.777. The van der Waals surface area contributed by atoms with Crippen molar-refractivity contribution < 1.29 is 23.1 Å². The Morgan fingerprint density at radius 2 is 1.86 bits per heavy atom. The van der Waals surface area contributed by atoms with Gasteiger partial charge >= 0.3 is 6.18 Å². The molecule has 6 heteroatoms. The van der Waals surface area contributed by atoms with E-state index in [0.29, 0.717) is 5.92 Å². The van der Waals surface area contributed by atoms with Crippen LogP contribution in [-0.4, -0.2) is 41.8 Å². The molecule has 1 rings (SSSR count). The van der Waals surface area contributed by atoms with Gasteiger partial charge in [-0.25, -0.2) is 0 Å². The van der Waals surface area contributed by atoms with E-state index >= 15 is 0 Å². The predicted molar refractivity (Wildman–Crippen MR) is 79.2 cm³/mol. The van der Waals surface area contributed by atoms with Crippen molar-refractivity contribution in [1.29, 1.82) is 0 Å². The van der Waals surface area contributed by atoms with Crippen LogP contribution < -0.4 is 0 Å². The Labute approximate surface area is 130 Å². The maximum Gasteiger partial charge on any atom is 0.394 e. The fourth-order valence-electron chi connectivity index (χ4n) is 3.10. The summed E-state index contributed by atoms with van der Waals surface area (Å²) >= 11 is 0. The predicted octanol–water partition coefficient (Wildman–Crippen LogP) is 3.61. The molecule has 2 unspecified atom stereocenters. The molecule has 1 saturated heterocycles. The van der Waals surface area contributed by atoms with E-state index in [9.17, 15) is 18.0 Å². The number of nitrogens with zero attached hydrogens (tertiary/aromatic N) is 1. The molecule has 1 amide bonds. The molecule has 130 valence electrons. The van der Waals surface area contributed by atoms with E-state index in [1.54, 1.807) is 11.8 Å². The second kappa shape index (κ2) is 8.75. The molecule has 1 heterocycles. The zero-order valence-corrected chi connectivity index (χ0v) is 13.5. The van der Waals surface area contributed by atoms with Crippen molar-refractivity contribution in [2.75, 3.05) is 19.7 Å². The van der Waals surface area contributed by atoms with Crippen molar-refractivity contribution in [1.82, 2.24) is 4.90 Å². The number of alkyl halides is 3. The minimum atomic E-state index is -4.39. The van der Waals surface area contributed by atoms with Crippen LogP contribution >= 0.6 is 0 Å². The molecule has 0 saturated carbocycles. The second-order valence-corrected chi connectivity index (χ2v) is 6.46. The van der Waals surface area contributed by atoms with Crippen molar-refractivity contribution in [2.24, 2.45) is 17.8 Å². The molecule has 0 radical (unpaired) electrons. The number of hydrogen-bond donors (Lipinski definition) is 1. The molecule has 22 heavy (non-hydrogen) atoms. The Hall–Kier alpha value is -0.780. The highest BCUT2D eigenvalue weighted by Crippen LogP contribution is 2.31. The molecule has 2 atom stereocenters. The third kappa shape index (κ3) is 5.78. The summed E-state index contributed by atoms with van der Waals surface area (Å²) in [5.74, 6) is -1.51. The molecule has 0 aromatic carbocycles. The molecular weight excluding hydrogens is 295 g/mol. The van der Waals surface area contributed by atoms with Crippen LogP contribution in [0.2, 0.25) is 0 Å². The highest BCUT2D eigenvalue weighted by atomic mass is 19.4. The fourth-order valence-corrected chi connectivity index (χ4v) is 3.10. The van der Waals surface area contributed by atoms with Crippen LogP contribution in [0.5, 0.6) is 0 Å². The monoisotopic (exact) mass is 323 g/mol.